The van der Waals surface area contributed by atoms with Crippen LogP contribution in [0.15, 0.2) is 24.3 Å². The molecule has 2 aromatic carbocycles. The summed E-state index contributed by atoms with van der Waals surface area (Å²) in [5.74, 6) is -0.564. The van der Waals surface area contributed by atoms with E-state index in [-0.39, 0.29) is 53.5 Å². The highest BCUT2D eigenvalue weighted by Gasteiger charge is 2.26. The van der Waals surface area contributed by atoms with Crippen LogP contribution in [-0.4, -0.2) is 74.8 Å². The van der Waals surface area contributed by atoms with E-state index >= 15 is 4.39 Å². The van der Waals surface area contributed by atoms with Crippen LogP contribution in [-0.2, 0) is 16.0 Å². The van der Waals surface area contributed by atoms with Crippen LogP contribution in [0.4, 0.5) is 20.5 Å². The first-order chi connectivity index (χ1) is 18.3. The molecule has 4 rings (SSSR count). The van der Waals surface area contributed by atoms with Gasteiger partial charge in [-0.3, -0.25) is 4.79 Å². The SMILES string of the molecule is COc1cc2c(N)nc(N3CCN(C(=O)CCc4ccc(F)cc4C(CN)OC)CC3)nc2c(F)c1OC. The van der Waals surface area contributed by atoms with Gasteiger partial charge in [-0.25, -0.2) is 13.8 Å². The summed E-state index contributed by atoms with van der Waals surface area (Å²) < 4.78 is 44.7. The molecule has 1 unspecified atom stereocenters. The zero-order valence-corrected chi connectivity index (χ0v) is 21.7. The summed E-state index contributed by atoms with van der Waals surface area (Å²) >= 11 is 0. The smallest absolute Gasteiger partial charge is 0.228 e. The molecule has 0 radical (unpaired) electrons. The van der Waals surface area contributed by atoms with Crippen LogP contribution in [0, 0.1) is 11.6 Å². The molecule has 1 aromatic heterocycles. The Labute approximate surface area is 219 Å². The van der Waals surface area contributed by atoms with Gasteiger partial charge in [0, 0.05) is 51.6 Å². The van der Waals surface area contributed by atoms with Crippen LogP contribution in [0.2, 0.25) is 0 Å². The lowest BCUT2D eigenvalue weighted by Crippen LogP contribution is -2.49. The minimum absolute atomic E-state index is 0.0246. The second kappa shape index (κ2) is 11.7. The molecule has 0 saturated carbocycles. The zero-order chi connectivity index (χ0) is 27.4. The van der Waals surface area contributed by atoms with Crippen LogP contribution in [0.5, 0.6) is 11.5 Å². The highest BCUT2D eigenvalue weighted by atomic mass is 19.1. The number of halogens is 2. The number of carbonyl (C=O) groups excluding carboxylic acids is 1. The number of hydrogen-bond donors (Lipinski definition) is 2. The van der Waals surface area contributed by atoms with E-state index in [2.05, 4.69) is 9.97 Å². The van der Waals surface area contributed by atoms with E-state index in [9.17, 15) is 9.18 Å². The van der Waals surface area contributed by atoms with E-state index in [0.717, 1.165) is 5.56 Å². The minimum atomic E-state index is -0.684. The standard InChI is InChI=1S/C26H32F2N6O4/c1-36-19-13-18-23(22(28)24(19)38-3)31-26(32-25(18)30)34-10-8-33(9-11-34)21(35)7-5-15-4-6-16(27)12-17(15)20(14-29)37-2/h4,6,12-13,20H,5,7-11,14,29H2,1-3H3,(H2,30,31,32). The van der Waals surface area contributed by atoms with E-state index in [0.29, 0.717) is 43.5 Å². The molecular formula is C26H32F2N6O4. The third-order valence-electron chi connectivity index (χ3n) is 6.77. The normalized spacial score (nSPS) is 14.6. The lowest BCUT2D eigenvalue weighted by Gasteiger charge is -2.35. The molecule has 12 heteroatoms. The average molecular weight is 531 g/mol. The number of benzene rings is 2. The van der Waals surface area contributed by atoms with Gasteiger partial charge in [0.2, 0.25) is 11.9 Å². The van der Waals surface area contributed by atoms with E-state index < -0.39 is 11.9 Å². The van der Waals surface area contributed by atoms with Crippen molar-refractivity contribution < 1.29 is 27.8 Å². The Morgan fingerprint density at radius 2 is 1.82 bits per heavy atom. The van der Waals surface area contributed by atoms with Crippen LogP contribution < -0.4 is 25.8 Å². The first kappa shape index (κ1) is 27.3. The number of methoxy groups -OCH3 is 3. The molecule has 0 aliphatic carbocycles. The maximum Gasteiger partial charge on any atom is 0.228 e. The fraction of sp³-hybridized carbons (Fsp3) is 0.423. The summed E-state index contributed by atoms with van der Waals surface area (Å²) in [6.45, 7) is 1.98. The summed E-state index contributed by atoms with van der Waals surface area (Å²) in [4.78, 5) is 25.3. The van der Waals surface area contributed by atoms with Gasteiger partial charge in [-0.05, 0) is 35.7 Å². The molecule has 1 atom stereocenters. The molecule has 1 aliphatic rings. The van der Waals surface area contributed by atoms with Crippen molar-refractivity contribution in [1.29, 1.82) is 0 Å². The number of piperazine rings is 1. The van der Waals surface area contributed by atoms with Crippen LogP contribution in [0.1, 0.15) is 23.7 Å². The second-order valence-corrected chi connectivity index (χ2v) is 8.90. The van der Waals surface area contributed by atoms with Gasteiger partial charge in [0.15, 0.2) is 17.3 Å². The van der Waals surface area contributed by atoms with Crippen LogP contribution in [0.25, 0.3) is 10.9 Å². The van der Waals surface area contributed by atoms with Gasteiger partial charge in [0.1, 0.15) is 17.2 Å². The van der Waals surface area contributed by atoms with E-state index in [1.165, 1.54) is 33.5 Å². The third kappa shape index (κ3) is 5.41. The number of anilines is 2. The Kier molecular flexibility index (Phi) is 8.42. The summed E-state index contributed by atoms with van der Waals surface area (Å²) in [6.07, 6.45) is 0.245. The Morgan fingerprint density at radius 3 is 2.45 bits per heavy atom. The van der Waals surface area contributed by atoms with Gasteiger partial charge in [-0.1, -0.05) is 6.07 Å². The second-order valence-electron chi connectivity index (χ2n) is 8.90. The van der Waals surface area contributed by atoms with Crippen molar-refractivity contribution in [1.82, 2.24) is 14.9 Å². The molecule has 38 heavy (non-hydrogen) atoms. The van der Waals surface area contributed by atoms with Crippen molar-refractivity contribution in [3.05, 3.63) is 47.0 Å². The molecule has 4 N–H and O–H groups in total. The molecule has 1 saturated heterocycles. The van der Waals surface area contributed by atoms with Crippen molar-refractivity contribution in [3.8, 4) is 11.5 Å². The lowest BCUT2D eigenvalue weighted by atomic mass is 9.98. The van der Waals surface area contributed by atoms with E-state index in [4.69, 9.17) is 25.7 Å². The van der Waals surface area contributed by atoms with Gasteiger partial charge in [0.25, 0.3) is 0 Å². The zero-order valence-electron chi connectivity index (χ0n) is 21.7. The Hall–Kier alpha value is -3.77. The van der Waals surface area contributed by atoms with Gasteiger partial charge < -0.3 is 35.5 Å². The van der Waals surface area contributed by atoms with Gasteiger partial charge in [-0.15, -0.1) is 0 Å². The summed E-state index contributed by atoms with van der Waals surface area (Å²) in [6, 6.07) is 5.99. The number of aromatic nitrogens is 2. The molecule has 0 bridgehead atoms. The molecular weight excluding hydrogens is 498 g/mol. The lowest BCUT2D eigenvalue weighted by molar-refractivity contribution is -0.131. The van der Waals surface area contributed by atoms with Gasteiger partial charge >= 0.3 is 0 Å². The van der Waals surface area contributed by atoms with Crippen LogP contribution >= 0.6 is 0 Å². The molecule has 0 spiro atoms. The summed E-state index contributed by atoms with van der Waals surface area (Å²) in [5, 5.41) is 0.322. The number of rotatable bonds is 9. The molecule has 1 aliphatic heterocycles. The highest BCUT2D eigenvalue weighted by Crippen LogP contribution is 2.37. The first-order valence-corrected chi connectivity index (χ1v) is 12.2. The number of aryl methyl sites for hydroxylation is 1. The average Bonchev–Trinajstić information content (AvgIpc) is 2.93. The number of nitrogens with zero attached hydrogens (tertiary/aromatic N) is 4. The number of fused-ring (bicyclic) bond motifs is 1. The quantitative estimate of drug-likeness (QED) is 0.429. The number of amides is 1. The largest absolute Gasteiger partial charge is 0.493 e. The monoisotopic (exact) mass is 530 g/mol. The van der Waals surface area contributed by atoms with Crippen molar-refractivity contribution in [2.45, 2.75) is 18.9 Å². The highest BCUT2D eigenvalue weighted by molar-refractivity contribution is 5.92. The van der Waals surface area contributed by atoms with Gasteiger partial charge in [0.05, 0.1) is 20.3 Å². The Morgan fingerprint density at radius 1 is 1.08 bits per heavy atom. The fourth-order valence-corrected chi connectivity index (χ4v) is 4.68. The number of nitrogens with two attached hydrogens (primary N) is 2. The first-order valence-electron chi connectivity index (χ1n) is 12.2. The summed E-state index contributed by atoms with van der Waals surface area (Å²) in [7, 11) is 4.27. The third-order valence-corrected chi connectivity index (χ3v) is 6.77. The summed E-state index contributed by atoms with van der Waals surface area (Å²) in [5.41, 5.74) is 13.4. The molecule has 1 amide bonds. The number of hydrogen-bond acceptors (Lipinski definition) is 9. The van der Waals surface area contributed by atoms with Crippen molar-refractivity contribution in [3.63, 3.8) is 0 Å². The molecule has 1 fully saturated rings. The predicted octanol–water partition coefficient (Wildman–Crippen LogP) is 2.44. The number of nitrogen functional groups attached to an aromatic ring is 1. The number of carbonyl (C=O) groups is 1. The molecule has 204 valence electrons. The fourth-order valence-electron chi connectivity index (χ4n) is 4.68. The molecule has 3 aromatic rings. The van der Waals surface area contributed by atoms with Crippen molar-refractivity contribution >= 4 is 28.6 Å². The predicted molar refractivity (Wildman–Crippen MR) is 139 cm³/mol. The van der Waals surface area contributed by atoms with Gasteiger partial charge in [-0.2, -0.15) is 4.98 Å². The Bertz CT molecular complexity index is 1310. The molecule has 10 nitrogen and oxygen atoms in total. The number of ether oxygens (including phenoxy) is 3. The van der Waals surface area contributed by atoms with E-state index in [1.807, 2.05) is 4.90 Å². The van der Waals surface area contributed by atoms with Crippen molar-refractivity contribution in [2.24, 2.45) is 5.73 Å². The minimum Gasteiger partial charge on any atom is -0.493 e. The topological polar surface area (TPSA) is 129 Å². The van der Waals surface area contributed by atoms with Crippen LogP contribution in [0.3, 0.4) is 0 Å². The Balaban J connectivity index is 1.43. The van der Waals surface area contributed by atoms with E-state index in [1.54, 1.807) is 17.0 Å². The maximum absolute atomic E-state index is 15.1. The van der Waals surface area contributed by atoms with Crippen molar-refractivity contribution in [2.75, 3.05) is 64.7 Å². The maximum atomic E-state index is 15.1. The molecule has 2 heterocycles.